The maximum absolute atomic E-state index is 11.8. The van der Waals surface area contributed by atoms with Gasteiger partial charge in [-0.1, -0.05) is 19.8 Å². The largest absolute Gasteiger partial charge is 0.444 e. The summed E-state index contributed by atoms with van der Waals surface area (Å²) >= 11 is 0. The average molecular weight is 314 g/mol. The number of amides is 1. The molecule has 1 amide bonds. The topological polar surface area (TPSA) is 72.5 Å². The van der Waals surface area contributed by atoms with Gasteiger partial charge in [0.1, 0.15) is 5.60 Å². The highest BCUT2D eigenvalue weighted by Crippen LogP contribution is 2.19. The Labute approximate surface area is 120 Å². The molecular formula is C12H24ClNO4S. The van der Waals surface area contributed by atoms with Gasteiger partial charge in [0, 0.05) is 10.7 Å². The van der Waals surface area contributed by atoms with E-state index < -0.39 is 26.3 Å². The van der Waals surface area contributed by atoms with Crippen molar-refractivity contribution in [2.45, 2.75) is 65.0 Å². The number of ether oxygens (including phenoxy) is 1. The molecule has 1 atom stereocenters. The van der Waals surface area contributed by atoms with E-state index in [-0.39, 0.29) is 5.75 Å². The smallest absolute Gasteiger partial charge is 0.408 e. The van der Waals surface area contributed by atoms with E-state index in [0.29, 0.717) is 6.42 Å². The van der Waals surface area contributed by atoms with E-state index in [9.17, 15) is 13.2 Å². The second-order valence-electron chi connectivity index (χ2n) is 5.97. The molecule has 0 aliphatic heterocycles. The predicted octanol–water partition coefficient (Wildman–Crippen LogP) is 3.03. The molecule has 0 saturated carbocycles. The Hall–Kier alpha value is -0.490. The van der Waals surface area contributed by atoms with Gasteiger partial charge in [0.25, 0.3) is 0 Å². The van der Waals surface area contributed by atoms with Crippen molar-refractivity contribution in [2.75, 3.05) is 5.75 Å². The van der Waals surface area contributed by atoms with Crippen molar-refractivity contribution in [1.82, 2.24) is 5.32 Å². The highest BCUT2D eigenvalue weighted by atomic mass is 35.7. The minimum Gasteiger partial charge on any atom is -0.444 e. The fourth-order valence-corrected chi connectivity index (χ4v) is 3.37. The molecule has 0 fully saturated rings. The number of alkyl carbamates (subject to hydrolysis) is 1. The molecule has 1 unspecified atom stereocenters. The monoisotopic (exact) mass is 313 g/mol. The first-order chi connectivity index (χ1) is 8.37. The van der Waals surface area contributed by atoms with Crippen molar-refractivity contribution in [3.05, 3.63) is 0 Å². The van der Waals surface area contributed by atoms with Crippen LogP contribution in [0, 0.1) is 0 Å². The molecule has 0 aliphatic carbocycles. The van der Waals surface area contributed by atoms with Gasteiger partial charge in [-0.3, -0.25) is 0 Å². The van der Waals surface area contributed by atoms with Crippen LogP contribution < -0.4 is 5.32 Å². The first kappa shape index (κ1) is 18.5. The van der Waals surface area contributed by atoms with Crippen LogP contribution in [0.2, 0.25) is 0 Å². The summed E-state index contributed by atoms with van der Waals surface area (Å²) in [7, 11) is 1.59. The zero-order valence-corrected chi connectivity index (χ0v) is 13.8. The molecule has 0 radical (unpaired) electrons. The van der Waals surface area contributed by atoms with Gasteiger partial charge in [-0.05, 0) is 34.1 Å². The lowest BCUT2D eigenvalue weighted by Crippen LogP contribution is -2.51. The maximum Gasteiger partial charge on any atom is 0.408 e. The van der Waals surface area contributed by atoms with Crippen LogP contribution in [0.1, 0.15) is 53.9 Å². The van der Waals surface area contributed by atoms with E-state index in [1.54, 1.807) is 27.7 Å². The first-order valence-corrected chi connectivity index (χ1v) is 8.78. The zero-order valence-electron chi connectivity index (χ0n) is 12.2. The number of unbranched alkanes of at least 4 members (excludes halogenated alkanes) is 1. The number of hydrogen-bond donors (Lipinski definition) is 1. The lowest BCUT2D eigenvalue weighted by molar-refractivity contribution is 0.0469. The van der Waals surface area contributed by atoms with Gasteiger partial charge in [-0.15, -0.1) is 0 Å². The van der Waals surface area contributed by atoms with Gasteiger partial charge >= 0.3 is 6.09 Å². The lowest BCUT2D eigenvalue weighted by atomic mass is 9.97. The van der Waals surface area contributed by atoms with Crippen LogP contribution in [0.5, 0.6) is 0 Å². The van der Waals surface area contributed by atoms with E-state index in [1.165, 1.54) is 0 Å². The average Bonchev–Trinajstić information content (AvgIpc) is 2.07. The summed E-state index contributed by atoms with van der Waals surface area (Å²) in [5, 5.41) is 2.62. The van der Waals surface area contributed by atoms with Crippen molar-refractivity contribution in [2.24, 2.45) is 0 Å². The number of halogens is 1. The molecule has 0 rings (SSSR count). The minimum atomic E-state index is -3.70. The van der Waals surface area contributed by atoms with Crippen LogP contribution in [0.4, 0.5) is 4.79 Å². The molecule has 0 spiro atoms. The SMILES string of the molecule is CCCCC(C)(CS(=O)(=O)Cl)NC(=O)OC(C)(C)C. The Morgan fingerprint density at radius 3 is 2.16 bits per heavy atom. The van der Waals surface area contributed by atoms with Crippen molar-refractivity contribution < 1.29 is 17.9 Å². The predicted molar refractivity (Wildman–Crippen MR) is 76.9 cm³/mol. The quantitative estimate of drug-likeness (QED) is 0.765. The number of hydrogen-bond acceptors (Lipinski definition) is 4. The van der Waals surface area contributed by atoms with Crippen molar-refractivity contribution in [3.8, 4) is 0 Å². The zero-order chi connectivity index (χ0) is 15.3. The summed E-state index contributed by atoms with van der Waals surface area (Å²) in [6.07, 6.45) is 1.58. The third kappa shape index (κ3) is 10.0. The molecule has 0 saturated heterocycles. The second kappa shape index (κ2) is 6.79. The minimum absolute atomic E-state index is 0.319. The van der Waals surface area contributed by atoms with Gasteiger partial charge in [-0.2, -0.15) is 0 Å². The Bertz CT molecular complexity index is 402. The fraction of sp³-hybridized carbons (Fsp3) is 0.917. The third-order valence-electron chi connectivity index (χ3n) is 2.38. The summed E-state index contributed by atoms with van der Waals surface area (Å²) in [5.74, 6) is -0.319. The number of rotatable bonds is 6. The van der Waals surface area contributed by atoms with E-state index >= 15 is 0 Å². The molecule has 19 heavy (non-hydrogen) atoms. The molecule has 0 aliphatic rings. The summed E-state index contributed by atoms with van der Waals surface area (Å²) in [5.41, 5.74) is -1.55. The van der Waals surface area contributed by atoms with E-state index in [2.05, 4.69) is 5.32 Å². The Morgan fingerprint density at radius 1 is 1.26 bits per heavy atom. The molecule has 0 aromatic heterocycles. The lowest BCUT2D eigenvalue weighted by Gasteiger charge is -2.31. The fourth-order valence-electron chi connectivity index (χ4n) is 1.67. The van der Waals surface area contributed by atoms with E-state index in [1.807, 2.05) is 6.92 Å². The highest BCUT2D eigenvalue weighted by molar-refractivity contribution is 8.13. The number of carbonyl (C=O) groups is 1. The first-order valence-electron chi connectivity index (χ1n) is 6.30. The Balaban J connectivity index is 4.81. The summed E-state index contributed by atoms with van der Waals surface area (Å²) in [6.45, 7) is 8.88. The third-order valence-corrected chi connectivity index (χ3v) is 3.69. The second-order valence-corrected chi connectivity index (χ2v) is 8.75. The highest BCUT2D eigenvalue weighted by Gasteiger charge is 2.32. The molecule has 5 nitrogen and oxygen atoms in total. The molecule has 0 heterocycles. The molecule has 7 heteroatoms. The van der Waals surface area contributed by atoms with Gasteiger partial charge in [0.05, 0.1) is 11.3 Å². The number of carbonyl (C=O) groups excluding carboxylic acids is 1. The molecule has 1 N–H and O–H groups in total. The standard InChI is InChI=1S/C12H24ClNO4S/c1-6-7-8-12(5,9-19(13,16)17)14-10(15)18-11(2,3)4/h6-9H2,1-5H3,(H,14,15). The molecule has 114 valence electrons. The number of nitrogens with one attached hydrogen (secondary N) is 1. The normalized spacial score (nSPS) is 15.7. The summed E-state index contributed by atoms with van der Waals surface area (Å²) < 4.78 is 27.6. The molecule has 0 aromatic carbocycles. The Kier molecular flexibility index (Phi) is 6.62. The Morgan fingerprint density at radius 2 is 1.79 bits per heavy atom. The molecule has 0 bridgehead atoms. The van der Waals surface area contributed by atoms with Gasteiger partial charge in [0.2, 0.25) is 9.05 Å². The van der Waals surface area contributed by atoms with Gasteiger partial charge in [0.15, 0.2) is 0 Å². The summed E-state index contributed by atoms with van der Waals surface area (Å²) in [6, 6.07) is 0. The summed E-state index contributed by atoms with van der Waals surface area (Å²) in [4.78, 5) is 11.8. The van der Waals surface area contributed by atoms with Gasteiger partial charge in [-0.25, -0.2) is 13.2 Å². The van der Waals surface area contributed by atoms with Crippen LogP contribution in [0.3, 0.4) is 0 Å². The van der Waals surface area contributed by atoms with Gasteiger partial charge < -0.3 is 10.1 Å². The van der Waals surface area contributed by atoms with Crippen molar-refractivity contribution in [3.63, 3.8) is 0 Å². The van der Waals surface area contributed by atoms with Crippen molar-refractivity contribution >= 4 is 25.8 Å². The van der Waals surface area contributed by atoms with E-state index in [0.717, 1.165) is 12.8 Å². The van der Waals surface area contributed by atoms with Crippen LogP contribution >= 0.6 is 10.7 Å². The molecular weight excluding hydrogens is 290 g/mol. The van der Waals surface area contributed by atoms with Crippen LogP contribution in [-0.2, 0) is 13.8 Å². The van der Waals surface area contributed by atoms with Crippen molar-refractivity contribution in [1.29, 1.82) is 0 Å². The maximum atomic E-state index is 11.8. The molecule has 0 aromatic rings. The van der Waals surface area contributed by atoms with Crippen LogP contribution in [-0.4, -0.2) is 31.4 Å². The van der Waals surface area contributed by atoms with Crippen LogP contribution in [0.15, 0.2) is 0 Å². The van der Waals surface area contributed by atoms with Crippen LogP contribution in [0.25, 0.3) is 0 Å². The van der Waals surface area contributed by atoms with E-state index in [4.69, 9.17) is 15.4 Å².